The summed E-state index contributed by atoms with van der Waals surface area (Å²) in [5.74, 6) is -3.07. The van der Waals surface area contributed by atoms with Gasteiger partial charge < -0.3 is 19.9 Å². The molecular weight excluding hydrogens is 326 g/mol. The number of rotatable bonds is 4. The molecule has 0 spiro atoms. The predicted octanol–water partition coefficient (Wildman–Crippen LogP) is 2.29. The summed E-state index contributed by atoms with van der Waals surface area (Å²) < 4.78 is 1.76. The van der Waals surface area contributed by atoms with E-state index in [9.17, 15) is 14.4 Å². The number of hydrogen-bond donors (Lipinski definition) is 3. The van der Waals surface area contributed by atoms with Gasteiger partial charge in [0.2, 0.25) is 0 Å². The van der Waals surface area contributed by atoms with Gasteiger partial charge in [0.05, 0.1) is 16.8 Å². The molecule has 0 unspecified atom stereocenters. The minimum atomic E-state index is -1.28. The number of aryl methyl sites for hydroxylation is 1. The molecule has 3 rings (SSSR count). The number of anilines is 1. The van der Waals surface area contributed by atoms with Crippen LogP contribution in [-0.4, -0.2) is 37.4 Å². The average molecular weight is 339 g/mol. The van der Waals surface area contributed by atoms with Crippen LogP contribution in [0.1, 0.15) is 36.8 Å². The van der Waals surface area contributed by atoms with E-state index in [-0.39, 0.29) is 16.8 Å². The van der Waals surface area contributed by atoms with Gasteiger partial charge in [-0.05, 0) is 37.3 Å². The SMILES string of the molecule is Cc1cn2ccc(C(=O)Nc3cc(C(=O)O)cc(C(=O)O)c3)cc2n1. The molecule has 0 atom stereocenters. The van der Waals surface area contributed by atoms with E-state index in [4.69, 9.17) is 10.2 Å². The number of fused-ring (bicyclic) bond motifs is 1. The van der Waals surface area contributed by atoms with Gasteiger partial charge in [0, 0.05) is 23.6 Å². The second-order valence-electron chi connectivity index (χ2n) is 5.43. The summed E-state index contributed by atoms with van der Waals surface area (Å²) in [6.07, 6.45) is 3.49. The highest BCUT2D eigenvalue weighted by molar-refractivity contribution is 6.06. The molecule has 0 aliphatic rings. The fourth-order valence-electron chi connectivity index (χ4n) is 2.40. The largest absolute Gasteiger partial charge is 0.478 e. The van der Waals surface area contributed by atoms with Crippen LogP contribution in [0.5, 0.6) is 0 Å². The van der Waals surface area contributed by atoms with Crippen LogP contribution in [0, 0.1) is 6.92 Å². The number of nitrogens with one attached hydrogen (secondary N) is 1. The van der Waals surface area contributed by atoms with Gasteiger partial charge in [-0.25, -0.2) is 14.6 Å². The summed E-state index contributed by atoms with van der Waals surface area (Å²) in [6, 6.07) is 6.60. The van der Waals surface area contributed by atoms with Gasteiger partial charge in [0.25, 0.3) is 5.91 Å². The van der Waals surface area contributed by atoms with Crippen molar-refractivity contribution in [2.75, 3.05) is 5.32 Å². The predicted molar refractivity (Wildman–Crippen MR) is 88.2 cm³/mol. The van der Waals surface area contributed by atoms with Crippen molar-refractivity contribution in [3.8, 4) is 0 Å². The first-order chi connectivity index (χ1) is 11.8. The Labute approximate surface area is 141 Å². The summed E-state index contributed by atoms with van der Waals surface area (Å²) in [5, 5.41) is 20.7. The maximum atomic E-state index is 12.4. The van der Waals surface area contributed by atoms with Crippen molar-refractivity contribution in [3.63, 3.8) is 0 Å². The van der Waals surface area contributed by atoms with Crippen molar-refractivity contribution in [1.29, 1.82) is 0 Å². The molecule has 8 nitrogen and oxygen atoms in total. The highest BCUT2D eigenvalue weighted by Gasteiger charge is 2.14. The van der Waals surface area contributed by atoms with Gasteiger partial charge in [-0.1, -0.05) is 0 Å². The van der Waals surface area contributed by atoms with E-state index in [1.807, 2.05) is 13.1 Å². The zero-order chi connectivity index (χ0) is 18.1. The third-order valence-electron chi connectivity index (χ3n) is 3.53. The highest BCUT2D eigenvalue weighted by Crippen LogP contribution is 2.17. The smallest absolute Gasteiger partial charge is 0.335 e. The molecule has 8 heteroatoms. The molecule has 1 aromatic carbocycles. The van der Waals surface area contributed by atoms with E-state index < -0.39 is 17.8 Å². The fourth-order valence-corrected chi connectivity index (χ4v) is 2.40. The molecule has 1 amide bonds. The molecule has 2 heterocycles. The van der Waals surface area contributed by atoms with Crippen molar-refractivity contribution >= 4 is 29.2 Å². The lowest BCUT2D eigenvalue weighted by Crippen LogP contribution is -2.14. The zero-order valence-corrected chi connectivity index (χ0v) is 13.1. The molecule has 0 saturated heterocycles. The van der Waals surface area contributed by atoms with Gasteiger partial charge in [-0.15, -0.1) is 0 Å². The summed E-state index contributed by atoms with van der Waals surface area (Å²) in [6.45, 7) is 1.83. The monoisotopic (exact) mass is 339 g/mol. The Morgan fingerprint density at radius 2 is 1.64 bits per heavy atom. The second-order valence-corrected chi connectivity index (χ2v) is 5.43. The molecule has 3 N–H and O–H groups in total. The van der Waals surface area contributed by atoms with Crippen LogP contribution in [0.4, 0.5) is 5.69 Å². The van der Waals surface area contributed by atoms with E-state index in [1.54, 1.807) is 22.7 Å². The molecule has 3 aromatic rings. The molecule has 0 saturated carbocycles. The lowest BCUT2D eigenvalue weighted by molar-refractivity contribution is 0.0696. The van der Waals surface area contributed by atoms with Crippen LogP contribution in [0.25, 0.3) is 5.65 Å². The van der Waals surface area contributed by atoms with Crippen molar-refractivity contribution in [3.05, 3.63) is 65.1 Å². The van der Waals surface area contributed by atoms with Crippen LogP contribution < -0.4 is 5.32 Å². The summed E-state index contributed by atoms with van der Waals surface area (Å²) in [4.78, 5) is 38.9. The average Bonchev–Trinajstić information content (AvgIpc) is 2.93. The Morgan fingerprint density at radius 1 is 1.00 bits per heavy atom. The van der Waals surface area contributed by atoms with Gasteiger partial charge in [0.1, 0.15) is 5.65 Å². The van der Waals surface area contributed by atoms with Gasteiger partial charge in [0.15, 0.2) is 0 Å². The number of imidazole rings is 1. The van der Waals surface area contributed by atoms with E-state index in [2.05, 4.69) is 10.3 Å². The first-order valence-corrected chi connectivity index (χ1v) is 7.22. The second kappa shape index (κ2) is 6.08. The zero-order valence-electron chi connectivity index (χ0n) is 13.1. The summed E-state index contributed by atoms with van der Waals surface area (Å²) >= 11 is 0. The molecule has 0 aliphatic heterocycles. The number of aromatic carboxylic acids is 2. The number of carbonyl (C=O) groups is 3. The maximum Gasteiger partial charge on any atom is 0.335 e. The first-order valence-electron chi connectivity index (χ1n) is 7.22. The van der Waals surface area contributed by atoms with E-state index >= 15 is 0 Å². The minimum Gasteiger partial charge on any atom is -0.478 e. The Hall–Kier alpha value is -3.68. The molecule has 0 aliphatic carbocycles. The Morgan fingerprint density at radius 3 is 2.24 bits per heavy atom. The third-order valence-corrected chi connectivity index (χ3v) is 3.53. The number of amides is 1. The van der Waals surface area contributed by atoms with Crippen molar-refractivity contribution in [1.82, 2.24) is 9.38 Å². The number of pyridine rings is 1. The number of nitrogens with zero attached hydrogens (tertiary/aromatic N) is 2. The quantitative estimate of drug-likeness (QED) is 0.670. The molecule has 0 radical (unpaired) electrons. The van der Waals surface area contributed by atoms with Crippen LogP contribution in [0.15, 0.2) is 42.7 Å². The van der Waals surface area contributed by atoms with Gasteiger partial charge in [-0.3, -0.25) is 4.79 Å². The number of benzene rings is 1. The Kier molecular flexibility index (Phi) is 3.94. The fraction of sp³-hybridized carbons (Fsp3) is 0.0588. The molecule has 0 bridgehead atoms. The maximum absolute atomic E-state index is 12.4. The molecule has 25 heavy (non-hydrogen) atoms. The van der Waals surface area contributed by atoms with Crippen molar-refractivity contribution < 1.29 is 24.6 Å². The van der Waals surface area contributed by atoms with Gasteiger partial charge in [-0.2, -0.15) is 0 Å². The van der Waals surface area contributed by atoms with Crippen LogP contribution >= 0.6 is 0 Å². The Bertz CT molecular complexity index is 990. The number of carbonyl (C=O) groups excluding carboxylic acids is 1. The molecule has 126 valence electrons. The standard InChI is InChI=1S/C17H13N3O5/c1-9-8-20-3-2-10(7-14(20)18-9)15(21)19-13-5-11(16(22)23)4-12(6-13)17(24)25/h2-8H,1H3,(H,19,21)(H,22,23)(H,24,25). The van der Waals surface area contributed by atoms with Gasteiger partial charge >= 0.3 is 11.9 Å². The third kappa shape index (κ3) is 3.32. The Balaban J connectivity index is 1.93. The first kappa shape index (κ1) is 16.2. The van der Waals surface area contributed by atoms with Crippen molar-refractivity contribution in [2.24, 2.45) is 0 Å². The molecular formula is C17H13N3O5. The highest BCUT2D eigenvalue weighted by atomic mass is 16.4. The van der Waals surface area contributed by atoms with E-state index in [1.165, 1.54) is 12.1 Å². The number of carboxylic acid groups (broad SMARTS) is 2. The summed E-state index contributed by atoms with van der Waals surface area (Å²) in [7, 11) is 0. The lowest BCUT2D eigenvalue weighted by Gasteiger charge is -2.08. The van der Waals surface area contributed by atoms with Crippen molar-refractivity contribution in [2.45, 2.75) is 6.92 Å². The van der Waals surface area contributed by atoms with E-state index in [0.717, 1.165) is 11.8 Å². The number of hydrogen-bond acceptors (Lipinski definition) is 4. The number of aromatic nitrogens is 2. The van der Waals surface area contributed by atoms with Crippen LogP contribution in [-0.2, 0) is 0 Å². The summed E-state index contributed by atoms with van der Waals surface area (Å²) in [5.41, 5.74) is 1.34. The topological polar surface area (TPSA) is 121 Å². The normalized spacial score (nSPS) is 10.6. The van der Waals surface area contributed by atoms with Crippen LogP contribution in [0.3, 0.4) is 0 Å². The molecule has 2 aromatic heterocycles. The van der Waals surface area contributed by atoms with Crippen LogP contribution in [0.2, 0.25) is 0 Å². The lowest BCUT2D eigenvalue weighted by atomic mass is 10.1. The minimum absolute atomic E-state index is 0.0849. The molecule has 0 fully saturated rings. The number of carboxylic acids is 2. The van der Waals surface area contributed by atoms with E-state index in [0.29, 0.717) is 11.2 Å².